The maximum atomic E-state index is 5.78. The second-order valence-corrected chi connectivity index (χ2v) is 6.82. The summed E-state index contributed by atoms with van der Waals surface area (Å²) >= 11 is 0. The Hall–Kier alpha value is -1.02. The average Bonchev–Trinajstić information content (AvgIpc) is 2.54. The minimum Gasteiger partial charge on any atom is -0.399 e. The van der Waals surface area contributed by atoms with Crippen LogP contribution in [0.3, 0.4) is 0 Å². The van der Waals surface area contributed by atoms with Crippen molar-refractivity contribution in [2.75, 3.05) is 25.4 Å². The first-order valence-electron chi connectivity index (χ1n) is 7.56. The van der Waals surface area contributed by atoms with Crippen molar-refractivity contribution in [2.24, 2.45) is 5.92 Å². The highest BCUT2D eigenvalue weighted by Crippen LogP contribution is 2.27. The van der Waals surface area contributed by atoms with Gasteiger partial charge in [-0.05, 0) is 56.0 Å². The molecule has 2 N–H and O–H groups in total. The Morgan fingerprint density at radius 3 is 2.53 bits per heavy atom. The highest BCUT2D eigenvalue weighted by atomic mass is 15.1. The molecule has 0 saturated carbocycles. The van der Waals surface area contributed by atoms with Gasteiger partial charge in [0.1, 0.15) is 0 Å². The third-order valence-electron chi connectivity index (χ3n) is 4.42. The maximum Gasteiger partial charge on any atom is 0.0314 e. The minimum atomic E-state index is 0.196. The molecule has 1 saturated heterocycles. The topological polar surface area (TPSA) is 29.3 Å². The molecule has 0 aliphatic carbocycles. The highest BCUT2D eigenvalue weighted by molar-refractivity contribution is 5.41. The van der Waals surface area contributed by atoms with Crippen molar-refractivity contribution in [2.45, 2.75) is 45.4 Å². The average molecular weight is 260 g/mol. The van der Waals surface area contributed by atoms with Gasteiger partial charge in [0.15, 0.2) is 0 Å². The summed E-state index contributed by atoms with van der Waals surface area (Å²) < 4.78 is 0. The molecule has 0 bridgehead atoms. The molecule has 1 fully saturated rings. The Bertz CT molecular complexity index is 394. The van der Waals surface area contributed by atoms with E-state index in [2.05, 4.69) is 37.8 Å². The summed E-state index contributed by atoms with van der Waals surface area (Å²) in [4.78, 5) is 2.64. The molecule has 0 amide bonds. The van der Waals surface area contributed by atoms with Crippen LogP contribution in [0.5, 0.6) is 0 Å². The maximum absolute atomic E-state index is 5.78. The number of hydrogen-bond acceptors (Lipinski definition) is 2. The number of benzene rings is 1. The van der Waals surface area contributed by atoms with Gasteiger partial charge in [-0.3, -0.25) is 0 Å². The number of anilines is 1. The van der Waals surface area contributed by atoms with E-state index in [1.54, 1.807) is 0 Å². The second kappa shape index (κ2) is 5.96. The standard InChI is InChI=1S/C17H28N2/c1-14-5-4-11-19(12-10-14)13-17(2,3)15-6-8-16(18)9-7-15/h6-9,14H,4-5,10-13,18H2,1-3H3. The zero-order chi connectivity index (χ0) is 13.9. The van der Waals surface area contributed by atoms with Gasteiger partial charge in [0.05, 0.1) is 0 Å². The fourth-order valence-corrected chi connectivity index (χ4v) is 3.07. The van der Waals surface area contributed by atoms with Crippen LogP contribution in [0.1, 0.15) is 45.6 Å². The van der Waals surface area contributed by atoms with Crippen LogP contribution in [-0.2, 0) is 5.41 Å². The molecule has 2 rings (SSSR count). The number of likely N-dealkylation sites (tertiary alicyclic amines) is 1. The Balaban J connectivity index is 2.01. The molecule has 19 heavy (non-hydrogen) atoms. The minimum absolute atomic E-state index is 0.196. The molecule has 1 atom stereocenters. The Morgan fingerprint density at radius 1 is 1.16 bits per heavy atom. The van der Waals surface area contributed by atoms with Gasteiger partial charge in [-0.15, -0.1) is 0 Å². The number of hydrogen-bond donors (Lipinski definition) is 1. The van der Waals surface area contributed by atoms with E-state index >= 15 is 0 Å². The molecule has 1 aromatic carbocycles. The van der Waals surface area contributed by atoms with E-state index in [9.17, 15) is 0 Å². The predicted molar refractivity (Wildman–Crippen MR) is 83.3 cm³/mol. The van der Waals surface area contributed by atoms with Crippen LogP contribution in [0.15, 0.2) is 24.3 Å². The largest absolute Gasteiger partial charge is 0.399 e. The van der Waals surface area contributed by atoms with Crippen molar-refractivity contribution in [3.63, 3.8) is 0 Å². The second-order valence-electron chi connectivity index (χ2n) is 6.82. The smallest absolute Gasteiger partial charge is 0.0314 e. The molecule has 2 heteroatoms. The molecule has 0 aromatic heterocycles. The molecule has 0 spiro atoms. The number of nitrogen functional groups attached to an aromatic ring is 1. The molecule has 1 aliphatic heterocycles. The Labute approximate surface area is 118 Å². The van der Waals surface area contributed by atoms with Crippen molar-refractivity contribution >= 4 is 5.69 Å². The van der Waals surface area contributed by atoms with Crippen molar-refractivity contribution < 1.29 is 0 Å². The van der Waals surface area contributed by atoms with Crippen molar-refractivity contribution in [1.82, 2.24) is 4.90 Å². The van der Waals surface area contributed by atoms with Gasteiger partial charge in [0, 0.05) is 17.6 Å². The van der Waals surface area contributed by atoms with E-state index in [0.717, 1.165) is 18.2 Å². The molecule has 1 aromatic rings. The van der Waals surface area contributed by atoms with E-state index in [-0.39, 0.29) is 5.41 Å². The number of nitrogens with two attached hydrogens (primary N) is 1. The van der Waals surface area contributed by atoms with Crippen LogP contribution in [-0.4, -0.2) is 24.5 Å². The van der Waals surface area contributed by atoms with Crippen LogP contribution in [0.25, 0.3) is 0 Å². The first-order chi connectivity index (χ1) is 8.97. The van der Waals surface area contributed by atoms with E-state index < -0.39 is 0 Å². The molecule has 106 valence electrons. The third kappa shape index (κ3) is 3.97. The molecule has 2 nitrogen and oxygen atoms in total. The van der Waals surface area contributed by atoms with Gasteiger partial charge in [0.25, 0.3) is 0 Å². The third-order valence-corrected chi connectivity index (χ3v) is 4.42. The van der Waals surface area contributed by atoms with Crippen molar-refractivity contribution in [3.8, 4) is 0 Å². The van der Waals surface area contributed by atoms with E-state index in [1.165, 1.54) is 37.9 Å². The van der Waals surface area contributed by atoms with Gasteiger partial charge in [-0.1, -0.05) is 32.9 Å². The van der Waals surface area contributed by atoms with Gasteiger partial charge in [0.2, 0.25) is 0 Å². The summed E-state index contributed by atoms with van der Waals surface area (Å²) in [6, 6.07) is 8.38. The summed E-state index contributed by atoms with van der Waals surface area (Å²) in [5.41, 5.74) is 8.21. The van der Waals surface area contributed by atoms with Crippen LogP contribution >= 0.6 is 0 Å². The van der Waals surface area contributed by atoms with Crippen LogP contribution in [0.2, 0.25) is 0 Å². The summed E-state index contributed by atoms with van der Waals surface area (Å²) in [5.74, 6) is 0.893. The van der Waals surface area contributed by atoms with Crippen molar-refractivity contribution in [1.29, 1.82) is 0 Å². The van der Waals surface area contributed by atoms with Gasteiger partial charge in [-0.25, -0.2) is 0 Å². The van der Waals surface area contributed by atoms with Crippen LogP contribution in [0, 0.1) is 5.92 Å². The van der Waals surface area contributed by atoms with Crippen LogP contribution in [0.4, 0.5) is 5.69 Å². The monoisotopic (exact) mass is 260 g/mol. The lowest BCUT2D eigenvalue weighted by Gasteiger charge is -2.32. The van der Waals surface area contributed by atoms with Gasteiger partial charge < -0.3 is 10.6 Å². The zero-order valence-electron chi connectivity index (χ0n) is 12.7. The Kier molecular flexibility index (Phi) is 4.51. The molecular formula is C17H28N2. The first kappa shape index (κ1) is 14.4. The van der Waals surface area contributed by atoms with Gasteiger partial charge in [-0.2, -0.15) is 0 Å². The molecule has 0 radical (unpaired) electrons. The fourth-order valence-electron chi connectivity index (χ4n) is 3.07. The normalized spacial score (nSPS) is 22.2. The summed E-state index contributed by atoms with van der Waals surface area (Å²) in [7, 11) is 0. The Morgan fingerprint density at radius 2 is 1.84 bits per heavy atom. The van der Waals surface area contributed by atoms with Crippen LogP contribution < -0.4 is 5.73 Å². The molecule has 1 aliphatic rings. The summed E-state index contributed by atoms with van der Waals surface area (Å²) in [6.45, 7) is 10.7. The summed E-state index contributed by atoms with van der Waals surface area (Å²) in [6.07, 6.45) is 4.08. The lowest BCUT2D eigenvalue weighted by Crippen LogP contribution is -2.37. The van der Waals surface area contributed by atoms with E-state index in [0.29, 0.717) is 0 Å². The number of rotatable bonds is 3. The molecule has 1 heterocycles. The quantitative estimate of drug-likeness (QED) is 0.840. The predicted octanol–water partition coefficient (Wildman–Crippen LogP) is 3.67. The first-order valence-corrected chi connectivity index (χ1v) is 7.56. The molecule has 1 unspecified atom stereocenters. The number of nitrogens with zero attached hydrogens (tertiary/aromatic N) is 1. The molecular weight excluding hydrogens is 232 g/mol. The van der Waals surface area contributed by atoms with E-state index in [4.69, 9.17) is 5.73 Å². The SMILES string of the molecule is CC1CCCN(CC(C)(C)c2ccc(N)cc2)CC1. The van der Waals surface area contributed by atoms with Gasteiger partial charge >= 0.3 is 0 Å². The van der Waals surface area contributed by atoms with E-state index in [1.807, 2.05) is 12.1 Å². The lowest BCUT2D eigenvalue weighted by molar-refractivity contribution is 0.229. The fraction of sp³-hybridized carbons (Fsp3) is 0.647. The van der Waals surface area contributed by atoms with Crippen molar-refractivity contribution in [3.05, 3.63) is 29.8 Å². The summed E-state index contributed by atoms with van der Waals surface area (Å²) in [5, 5.41) is 0. The zero-order valence-corrected chi connectivity index (χ0v) is 12.7. The lowest BCUT2D eigenvalue weighted by atomic mass is 9.84. The highest BCUT2D eigenvalue weighted by Gasteiger charge is 2.25.